The summed E-state index contributed by atoms with van der Waals surface area (Å²) in [5, 5.41) is 3.19. The van der Waals surface area contributed by atoms with E-state index in [-0.39, 0.29) is 0 Å². The van der Waals surface area contributed by atoms with Gasteiger partial charge in [-0.2, -0.15) is 0 Å². The molecule has 0 aliphatic carbocycles. The van der Waals surface area contributed by atoms with E-state index in [9.17, 15) is 0 Å². The van der Waals surface area contributed by atoms with Crippen molar-refractivity contribution < 1.29 is 0 Å². The maximum absolute atomic E-state index is 4.15. The second kappa shape index (κ2) is 8.05. The molecule has 134 valence electrons. The van der Waals surface area contributed by atoms with Gasteiger partial charge in [-0.05, 0) is 18.1 Å². The molecule has 0 unspecified atom stereocenters. The zero-order chi connectivity index (χ0) is 18.3. The van der Waals surface area contributed by atoms with Crippen LogP contribution < -0.4 is 5.32 Å². The van der Waals surface area contributed by atoms with Crippen LogP contribution in [0.3, 0.4) is 0 Å². The first-order valence-electron chi connectivity index (χ1n) is 8.52. The average Bonchev–Trinajstić information content (AvgIpc) is 3.48. The molecule has 6 rings (SSSR count). The van der Waals surface area contributed by atoms with Gasteiger partial charge in [-0.3, -0.25) is 9.97 Å². The van der Waals surface area contributed by atoms with Gasteiger partial charge in [-0.15, -0.1) is 0 Å². The highest BCUT2D eigenvalue weighted by atomic mass is 15.0. The van der Waals surface area contributed by atoms with E-state index in [4.69, 9.17) is 0 Å². The summed E-state index contributed by atoms with van der Waals surface area (Å²) in [7, 11) is 0. The van der Waals surface area contributed by atoms with Crippen LogP contribution in [-0.4, -0.2) is 40.3 Å². The molecule has 0 saturated heterocycles. The molecule has 0 radical (unpaired) electrons. The van der Waals surface area contributed by atoms with Crippen molar-refractivity contribution in [3.05, 3.63) is 86.0 Å². The Hall–Kier alpha value is -3.81. The fraction of sp³-hybridized carbons (Fsp3) is 0.105. The van der Waals surface area contributed by atoms with Crippen molar-refractivity contribution in [2.75, 3.05) is 11.9 Å². The van der Waals surface area contributed by atoms with Gasteiger partial charge in [0.15, 0.2) is 5.65 Å². The zero-order valence-corrected chi connectivity index (χ0v) is 14.6. The molecule has 0 bridgehead atoms. The first-order valence-corrected chi connectivity index (χ1v) is 8.52. The third kappa shape index (κ3) is 4.06. The predicted octanol–water partition coefficient (Wildman–Crippen LogP) is 2.51. The molecule has 0 spiro atoms. The first-order chi connectivity index (χ1) is 13.4. The van der Waals surface area contributed by atoms with Crippen LogP contribution in [0.5, 0.6) is 0 Å². The zero-order valence-electron chi connectivity index (χ0n) is 14.6. The molecule has 0 amide bonds. The van der Waals surface area contributed by atoms with Crippen molar-refractivity contribution in [3.8, 4) is 0 Å². The molecule has 0 fully saturated rings. The van der Waals surface area contributed by atoms with Crippen LogP contribution >= 0.6 is 0 Å². The summed E-state index contributed by atoms with van der Waals surface area (Å²) >= 11 is 0. The molecule has 5 aromatic heterocycles. The molecule has 8 nitrogen and oxygen atoms in total. The van der Waals surface area contributed by atoms with E-state index < -0.39 is 0 Å². The lowest BCUT2D eigenvalue weighted by Crippen LogP contribution is -1.92. The largest absolute Gasteiger partial charge is 0.370 e. The van der Waals surface area contributed by atoms with Gasteiger partial charge in [0.05, 0.1) is 30.4 Å². The van der Waals surface area contributed by atoms with Crippen LogP contribution in [0.15, 0.2) is 80.4 Å². The Morgan fingerprint density at radius 3 is 2.48 bits per heavy atom. The Morgan fingerprint density at radius 2 is 1.63 bits per heavy atom. The molecule has 8 heteroatoms. The molecular weight excluding hydrogens is 340 g/mol. The van der Waals surface area contributed by atoms with Crippen LogP contribution in [-0.2, 0) is 6.42 Å². The molecule has 6 heterocycles. The Morgan fingerprint density at radius 1 is 0.815 bits per heavy atom. The maximum Gasteiger partial charge on any atom is 0.155 e. The molecule has 1 N–H and O–H groups in total. The van der Waals surface area contributed by atoms with E-state index in [1.165, 1.54) is 5.56 Å². The molecule has 1 aliphatic heterocycles. The van der Waals surface area contributed by atoms with Gasteiger partial charge < -0.3 is 14.1 Å². The fourth-order valence-corrected chi connectivity index (χ4v) is 2.65. The quantitative estimate of drug-likeness (QED) is 0.458. The summed E-state index contributed by atoms with van der Waals surface area (Å²) in [6, 6.07) is 4.09. The van der Waals surface area contributed by atoms with Crippen LogP contribution in [0.1, 0.15) is 5.56 Å². The number of rotatable bonds is 0. The van der Waals surface area contributed by atoms with E-state index in [0.29, 0.717) is 0 Å². The van der Waals surface area contributed by atoms with Crippen LogP contribution in [0.4, 0.5) is 5.82 Å². The summed E-state index contributed by atoms with van der Waals surface area (Å²) in [4.78, 5) is 19.9. The third-order valence-electron chi connectivity index (χ3n) is 4.00. The molecular formula is C19H18N8. The lowest BCUT2D eigenvalue weighted by molar-refractivity contribution is 1.11. The Balaban J connectivity index is 0.0000001000. The molecule has 5 aromatic rings. The third-order valence-corrected chi connectivity index (χ3v) is 4.00. The number of hydrogen-bond acceptors (Lipinski definition) is 6. The summed E-state index contributed by atoms with van der Waals surface area (Å²) < 4.78 is 3.82. The summed E-state index contributed by atoms with van der Waals surface area (Å²) in [5.41, 5.74) is 3.26. The number of hydrogen-bond donors (Lipinski definition) is 1. The van der Waals surface area contributed by atoms with Gasteiger partial charge >= 0.3 is 0 Å². The van der Waals surface area contributed by atoms with Gasteiger partial charge in [0.1, 0.15) is 5.82 Å². The Labute approximate surface area is 155 Å². The Bertz CT molecular complexity index is 981. The second-order valence-electron chi connectivity index (χ2n) is 5.76. The van der Waals surface area contributed by atoms with Crippen molar-refractivity contribution in [2.24, 2.45) is 0 Å². The van der Waals surface area contributed by atoms with Crippen molar-refractivity contribution in [3.63, 3.8) is 0 Å². The number of nitrogens with one attached hydrogen (secondary N) is 1. The lowest BCUT2D eigenvalue weighted by atomic mass is 10.2. The topological polar surface area (TPSA) is 85.3 Å². The standard InChI is InChI=1S/C7H8N2.2C6H5N3/c1-2-6-3-5-9-7(6)8-4-1;1-3-9-4-2-8-6(9)5-7-1;1-2-9-5-8-4-6(9)3-7-1/h1-2,4H,3,5H2,(H,8,9);2*1-5H. The van der Waals surface area contributed by atoms with Gasteiger partial charge in [0.2, 0.25) is 0 Å². The minimum atomic E-state index is 0.887. The maximum atomic E-state index is 4.15. The van der Waals surface area contributed by atoms with E-state index in [1.54, 1.807) is 43.5 Å². The highest BCUT2D eigenvalue weighted by Gasteiger charge is 2.07. The van der Waals surface area contributed by atoms with E-state index in [1.807, 2.05) is 39.7 Å². The smallest absolute Gasteiger partial charge is 0.155 e. The second-order valence-corrected chi connectivity index (χ2v) is 5.76. The van der Waals surface area contributed by atoms with E-state index in [2.05, 4.69) is 36.3 Å². The van der Waals surface area contributed by atoms with Crippen molar-refractivity contribution >= 4 is 17.0 Å². The normalized spacial score (nSPS) is 11.7. The highest BCUT2D eigenvalue weighted by molar-refractivity contribution is 5.48. The molecule has 0 saturated carbocycles. The van der Waals surface area contributed by atoms with Crippen molar-refractivity contribution in [1.29, 1.82) is 0 Å². The molecule has 1 aliphatic rings. The van der Waals surface area contributed by atoms with Crippen molar-refractivity contribution in [2.45, 2.75) is 6.42 Å². The highest BCUT2D eigenvalue weighted by Crippen LogP contribution is 2.16. The van der Waals surface area contributed by atoms with Gasteiger partial charge in [-0.1, -0.05) is 6.07 Å². The Kier molecular flexibility index (Phi) is 4.96. The minimum absolute atomic E-state index is 0.887. The van der Waals surface area contributed by atoms with Crippen LogP contribution in [0.25, 0.3) is 11.2 Å². The molecule has 0 aromatic carbocycles. The summed E-state index contributed by atoms with van der Waals surface area (Å²) in [5.74, 6) is 1.07. The molecule has 27 heavy (non-hydrogen) atoms. The van der Waals surface area contributed by atoms with Gasteiger partial charge in [0, 0.05) is 49.9 Å². The summed E-state index contributed by atoms with van der Waals surface area (Å²) in [6.07, 6.45) is 20.8. The first kappa shape index (κ1) is 16.6. The van der Waals surface area contributed by atoms with E-state index >= 15 is 0 Å². The predicted molar refractivity (Wildman–Crippen MR) is 102 cm³/mol. The van der Waals surface area contributed by atoms with Gasteiger partial charge in [0.25, 0.3) is 0 Å². The van der Waals surface area contributed by atoms with E-state index in [0.717, 1.165) is 29.9 Å². The average molecular weight is 358 g/mol. The van der Waals surface area contributed by atoms with Gasteiger partial charge in [-0.25, -0.2) is 15.0 Å². The number of imidazole rings is 2. The monoisotopic (exact) mass is 358 g/mol. The number of aromatic nitrogens is 7. The van der Waals surface area contributed by atoms with Crippen LogP contribution in [0, 0.1) is 0 Å². The fourth-order valence-electron chi connectivity index (χ4n) is 2.65. The lowest BCUT2D eigenvalue weighted by Gasteiger charge is -1.93. The summed E-state index contributed by atoms with van der Waals surface area (Å²) in [6.45, 7) is 1.05. The van der Waals surface area contributed by atoms with Crippen molar-refractivity contribution in [1.82, 2.24) is 33.7 Å². The van der Waals surface area contributed by atoms with Crippen LogP contribution in [0.2, 0.25) is 0 Å². The SMILES string of the molecule is c1cn2ccnc2cn1.c1cn2cncc2cn1.c1cnc2c(c1)CCN2. The number of fused-ring (bicyclic) bond motifs is 3. The number of anilines is 1. The number of pyridine rings is 1. The molecule has 0 atom stereocenters. The minimum Gasteiger partial charge on any atom is -0.370 e. The number of nitrogens with zero attached hydrogens (tertiary/aromatic N) is 7.